The van der Waals surface area contributed by atoms with Gasteiger partial charge in [0.15, 0.2) is 0 Å². The molecule has 0 spiro atoms. The van der Waals surface area contributed by atoms with Crippen molar-refractivity contribution in [2.45, 2.75) is 51.4 Å². The van der Waals surface area contributed by atoms with Gasteiger partial charge in [0.2, 0.25) is 0 Å². The molecule has 10 rings (SSSR count). The summed E-state index contributed by atoms with van der Waals surface area (Å²) in [5.41, 5.74) is 21.3. The van der Waals surface area contributed by atoms with Crippen LogP contribution in [0.25, 0.3) is 39.0 Å². The van der Waals surface area contributed by atoms with E-state index in [0.717, 1.165) is 29.9 Å². The molecule has 2 aliphatic rings. The van der Waals surface area contributed by atoms with Crippen molar-refractivity contribution in [3.8, 4) is 33.4 Å². The lowest BCUT2D eigenvalue weighted by atomic mass is 9.67. The first kappa shape index (κ1) is 38.3. The normalized spacial score (nSPS) is 14.5. The summed E-state index contributed by atoms with van der Waals surface area (Å²) in [4.78, 5) is 2.49. The molecule has 0 N–H and O–H groups in total. The zero-order chi connectivity index (χ0) is 41.6. The summed E-state index contributed by atoms with van der Waals surface area (Å²) in [5.74, 6) is 0. The minimum atomic E-state index is -0.501. The van der Waals surface area contributed by atoms with Crippen molar-refractivity contribution in [3.05, 3.63) is 251 Å². The number of benzene rings is 8. The maximum absolute atomic E-state index is 2.49. The molecule has 0 aromatic heterocycles. The molecule has 0 unspecified atom stereocenters. The Balaban J connectivity index is 1.19. The Kier molecular flexibility index (Phi) is 9.77. The maximum Gasteiger partial charge on any atom is 0.0714 e. The summed E-state index contributed by atoms with van der Waals surface area (Å²) in [6.07, 6.45) is 8.46. The van der Waals surface area contributed by atoms with Crippen LogP contribution in [0.4, 0.5) is 17.1 Å². The molecule has 1 nitrogen and oxygen atoms in total. The van der Waals surface area contributed by atoms with Crippen LogP contribution in [0.2, 0.25) is 0 Å². The average Bonchev–Trinajstić information content (AvgIpc) is 3.61. The van der Waals surface area contributed by atoms with Gasteiger partial charge >= 0.3 is 0 Å². The highest BCUT2D eigenvalue weighted by atomic mass is 15.1. The molecule has 1 heteroatoms. The smallest absolute Gasteiger partial charge is 0.0714 e. The van der Waals surface area contributed by atoms with Crippen molar-refractivity contribution >= 4 is 22.6 Å². The molecule has 0 bridgehead atoms. The molecule has 8 aromatic rings. The average molecular weight is 786 g/mol. The second-order valence-electron chi connectivity index (χ2n) is 17.2. The van der Waals surface area contributed by atoms with Gasteiger partial charge < -0.3 is 4.90 Å². The van der Waals surface area contributed by atoms with E-state index in [1.54, 1.807) is 0 Å². The molecular formula is C60H51N. The number of para-hydroxylation sites is 1. The summed E-state index contributed by atoms with van der Waals surface area (Å²) in [5, 5.41) is 0. The van der Waals surface area contributed by atoms with Crippen molar-refractivity contribution in [1.82, 2.24) is 0 Å². The zero-order valence-corrected chi connectivity index (χ0v) is 35.6. The van der Waals surface area contributed by atoms with Gasteiger partial charge in [0.25, 0.3) is 0 Å². The first-order chi connectivity index (χ1) is 29.9. The topological polar surface area (TPSA) is 3.24 Å². The van der Waals surface area contributed by atoms with Crippen molar-refractivity contribution in [1.29, 1.82) is 0 Å². The van der Waals surface area contributed by atoms with Gasteiger partial charge in [-0.2, -0.15) is 0 Å². The molecular weight excluding hydrogens is 735 g/mol. The van der Waals surface area contributed by atoms with E-state index in [-0.39, 0.29) is 5.41 Å². The fourth-order valence-corrected chi connectivity index (χ4v) is 10.5. The molecule has 0 fully saturated rings. The molecule has 0 saturated heterocycles. The number of rotatable bonds is 9. The van der Waals surface area contributed by atoms with Gasteiger partial charge in [-0.3, -0.25) is 0 Å². The van der Waals surface area contributed by atoms with E-state index in [2.05, 4.69) is 245 Å². The number of anilines is 3. The van der Waals surface area contributed by atoms with Gasteiger partial charge in [-0.05, 0) is 128 Å². The lowest BCUT2D eigenvalue weighted by Gasteiger charge is -2.35. The quantitative estimate of drug-likeness (QED) is 0.132. The van der Waals surface area contributed by atoms with Crippen LogP contribution in [-0.2, 0) is 17.3 Å². The van der Waals surface area contributed by atoms with E-state index in [0.29, 0.717) is 0 Å². The third kappa shape index (κ3) is 6.30. The molecule has 296 valence electrons. The van der Waals surface area contributed by atoms with Crippen LogP contribution < -0.4 is 4.90 Å². The molecule has 0 amide bonds. The van der Waals surface area contributed by atoms with Crippen LogP contribution >= 0.6 is 0 Å². The number of allylic oxidation sites excluding steroid dienone is 4. The minimum Gasteiger partial charge on any atom is -0.310 e. The van der Waals surface area contributed by atoms with Gasteiger partial charge in [-0.1, -0.05) is 203 Å². The third-order valence-electron chi connectivity index (χ3n) is 13.2. The Hall–Kier alpha value is -6.96. The van der Waals surface area contributed by atoms with Gasteiger partial charge in [-0.15, -0.1) is 0 Å². The minimum absolute atomic E-state index is 0.0412. The second-order valence-corrected chi connectivity index (χ2v) is 17.2. The van der Waals surface area contributed by atoms with Crippen LogP contribution in [0.15, 0.2) is 212 Å². The maximum atomic E-state index is 2.49. The lowest BCUT2D eigenvalue weighted by Crippen LogP contribution is -2.28. The standard InChI is InChI=1S/C60H51N/c1-5-7-21-42(6-2)49-26-16-19-33-58(49)61(46-36-34-43(35-37-46)48-29-20-30-50-51-27-14-17-31-55(51)59(3,4)41-54(48)50)47-38-39-53-52-28-15-18-32-56(52)60(57(53)40-47,44-22-10-8-11-23-44)45-24-12-9-13-25-45/h5,7-40H,6,41H2,1-4H3/b7-5-,42-21+. The second kappa shape index (κ2) is 15.6. The number of hydrogen-bond acceptors (Lipinski definition) is 1. The van der Waals surface area contributed by atoms with E-state index in [9.17, 15) is 0 Å². The molecule has 0 aliphatic heterocycles. The fourth-order valence-electron chi connectivity index (χ4n) is 10.5. The van der Waals surface area contributed by atoms with Crippen LogP contribution in [-0.4, -0.2) is 0 Å². The van der Waals surface area contributed by atoms with E-state index >= 15 is 0 Å². The molecule has 8 aromatic carbocycles. The largest absolute Gasteiger partial charge is 0.310 e. The van der Waals surface area contributed by atoms with E-state index in [1.807, 2.05) is 0 Å². The Labute approximate surface area is 362 Å². The highest BCUT2D eigenvalue weighted by Gasteiger charge is 2.46. The van der Waals surface area contributed by atoms with Gasteiger partial charge in [-0.25, -0.2) is 0 Å². The molecule has 0 saturated carbocycles. The molecule has 0 heterocycles. The first-order valence-electron chi connectivity index (χ1n) is 21.8. The van der Waals surface area contributed by atoms with Crippen LogP contribution in [0.3, 0.4) is 0 Å². The Morgan fingerprint density at radius 3 is 1.77 bits per heavy atom. The van der Waals surface area contributed by atoms with Crippen LogP contribution in [0.5, 0.6) is 0 Å². The first-order valence-corrected chi connectivity index (χ1v) is 21.8. The summed E-state index contributed by atoms with van der Waals surface area (Å²) < 4.78 is 0. The van der Waals surface area contributed by atoms with Crippen molar-refractivity contribution in [2.24, 2.45) is 0 Å². The van der Waals surface area contributed by atoms with Crippen molar-refractivity contribution < 1.29 is 0 Å². The molecule has 61 heavy (non-hydrogen) atoms. The lowest BCUT2D eigenvalue weighted by molar-refractivity contribution is 0.518. The Morgan fingerprint density at radius 2 is 1.08 bits per heavy atom. The third-order valence-corrected chi connectivity index (χ3v) is 13.2. The van der Waals surface area contributed by atoms with Gasteiger partial charge in [0.05, 0.1) is 11.1 Å². The summed E-state index contributed by atoms with van der Waals surface area (Å²) in [6, 6.07) is 72.5. The van der Waals surface area contributed by atoms with E-state index < -0.39 is 5.41 Å². The van der Waals surface area contributed by atoms with Crippen molar-refractivity contribution in [2.75, 3.05) is 4.90 Å². The predicted octanol–water partition coefficient (Wildman–Crippen LogP) is 16.1. The van der Waals surface area contributed by atoms with E-state index in [1.165, 1.54) is 77.9 Å². The predicted molar refractivity (Wildman–Crippen MR) is 259 cm³/mol. The number of hydrogen-bond donors (Lipinski definition) is 0. The molecule has 2 aliphatic carbocycles. The monoisotopic (exact) mass is 785 g/mol. The summed E-state index contributed by atoms with van der Waals surface area (Å²) >= 11 is 0. The Morgan fingerprint density at radius 1 is 0.525 bits per heavy atom. The van der Waals surface area contributed by atoms with Crippen molar-refractivity contribution in [3.63, 3.8) is 0 Å². The van der Waals surface area contributed by atoms with Gasteiger partial charge in [0, 0.05) is 16.9 Å². The van der Waals surface area contributed by atoms with Gasteiger partial charge in [0.1, 0.15) is 0 Å². The van der Waals surface area contributed by atoms with Crippen LogP contribution in [0, 0.1) is 0 Å². The van der Waals surface area contributed by atoms with E-state index in [4.69, 9.17) is 0 Å². The number of fused-ring (bicyclic) bond motifs is 6. The summed E-state index contributed by atoms with van der Waals surface area (Å²) in [7, 11) is 0. The molecule has 0 radical (unpaired) electrons. The Bertz CT molecular complexity index is 2910. The SMILES string of the molecule is C/C=C\C=C(/CC)c1ccccc1N(c1ccc(-c2cccc3c2CC(C)(C)c2ccccc2-3)cc1)c1ccc2c(c1)C(c1ccccc1)(c1ccccc1)c1ccccc1-2. The highest BCUT2D eigenvalue weighted by molar-refractivity contribution is 5.92. The number of nitrogens with zero attached hydrogens (tertiary/aromatic N) is 1. The summed E-state index contributed by atoms with van der Waals surface area (Å²) in [6.45, 7) is 9.12. The highest BCUT2D eigenvalue weighted by Crippen LogP contribution is 2.57. The fraction of sp³-hybridized carbons (Fsp3) is 0.133. The zero-order valence-electron chi connectivity index (χ0n) is 35.6. The molecule has 0 atom stereocenters. The van der Waals surface area contributed by atoms with Crippen LogP contribution in [0.1, 0.15) is 73.1 Å².